The molecule has 0 bridgehead atoms. The second-order valence-electron chi connectivity index (χ2n) is 5.17. The highest BCUT2D eigenvalue weighted by molar-refractivity contribution is 7.90. The van der Waals surface area contributed by atoms with Crippen molar-refractivity contribution >= 4 is 15.9 Å². The van der Waals surface area contributed by atoms with Gasteiger partial charge in [-0.2, -0.15) is 0 Å². The first-order valence-electron chi connectivity index (χ1n) is 6.13. The van der Waals surface area contributed by atoms with Gasteiger partial charge in [0.05, 0.1) is 11.2 Å². The van der Waals surface area contributed by atoms with Gasteiger partial charge in [-0.25, -0.2) is 12.7 Å². The SMILES string of the molecule is CN(C)C(=O)[C@H]1CCCN(S(=O)(=O)C2CC2)C1. The molecule has 1 saturated carbocycles. The third-order valence-corrected chi connectivity index (χ3v) is 5.84. The molecule has 6 heteroatoms. The summed E-state index contributed by atoms with van der Waals surface area (Å²) in [5, 5.41) is -0.171. The van der Waals surface area contributed by atoms with Gasteiger partial charge < -0.3 is 4.90 Å². The molecule has 1 aliphatic carbocycles. The highest BCUT2D eigenvalue weighted by Crippen LogP contribution is 2.33. The molecule has 1 aliphatic heterocycles. The number of nitrogens with zero attached hydrogens (tertiary/aromatic N) is 2. The molecular formula is C11H20N2O3S. The number of hydrogen-bond donors (Lipinski definition) is 0. The summed E-state index contributed by atoms with van der Waals surface area (Å²) >= 11 is 0. The largest absolute Gasteiger partial charge is 0.349 e. The van der Waals surface area contributed by atoms with E-state index < -0.39 is 10.0 Å². The average molecular weight is 260 g/mol. The number of amides is 1. The van der Waals surface area contributed by atoms with E-state index in [9.17, 15) is 13.2 Å². The van der Waals surface area contributed by atoms with Crippen LogP contribution in [0.5, 0.6) is 0 Å². The van der Waals surface area contributed by atoms with Crippen LogP contribution in [-0.4, -0.2) is 56.0 Å². The van der Waals surface area contributed by atoms with Gasteiger partial charge in [0.1, 0.15) is 0 Å². The van der Waals surface area contributed by atoms with Crippen molar-refractivity contribution in [3.63, 3.8) is 0 Å². The number of hydrogen-bond acceptors (Lipinski definition) is 3. The topological polar surface area (TPSA) is 57.7 Å². The molecule has 98 valence electrons. The Labute approximate surface area is 103 Å². The third kappa shape index (κ3) is 2.63. The minimum atomic E-state index is -3.12. The lowest BCUT2D eigenvalue weighted by molar-refractivity contribution is -0.134. The fourth-order valence-electron chi connectivity index (χ4n) is 2.32. The van der Waals surface area contributed by atoms with Gasteiger partial charge in [-0.05, 0) is 25.7 Å². The van der Waals surface area contributed by atoms with Gasteiger partial charge in [-0.15, -0.1) is 0 Å². The molecule has 0 spiro atoms. The molecular weight excluding hydrogens is 240 g/mol. The van der Waals surface area contributed by atoms with E-state index in [1.807, 2.05) is 0 Å². The number of sulfonamides is 1. The van der Waals surface area contributed by atoms with Crippen molar-refractivity contribution in [2.45, 2.75) is 30.9 Å². The maximum atomic E-state index is 12.1. The molecule has 0 aromatic carbocycles. The molecule has 1 saturated heterocycles. The number of rotatable bonds is 3. The Morgan fingerprint density at radius 1 is 1.24 bits per heavy atom. The highest BCUT2D eigenvalue weighted by Gasteiger charge is 2.42. The average Bonchev–Trinajstić information content (AvgIpc) is 3.12. The van der Waals surface area contributed by atoms with Crippen molar-refractivity contribution in [2.75, 3.05) is 27.2 Å². The Morgan fingerprint density at radius 2 is 1.88 bits per heavy atom. The Balaban J connectivity index is 2.04. The molecule has 0 aromatic rings. The first kappa shape index (κ1) is 12.8. The second-order valence-corrected chi connectivity index (χ2v) is 7.39. The summed E-state index contributed by atoms with van der Waals surface area (Å²) in [5.41, 5.74) is 0. The van der Waals surface area contributed by atoms with Crippen molar-refractivity contribution < 1.29 is 13.2 Å². The molecule has 0 radical (unpaired) electrons. The van der Waals surface area contributed by atoms with Gasteiger partial charge in [-0.1, -0.05) is 0 Å². The second kappa shape index (κ2) is 4.57. The molecule has 1 atom stereocenters. The maximum absolute atomic E-state index is 12.1. The standard InChI is InChI=1S/C11H20N2O3S/c1-12(2)11(14)9-4-3-7-13(8-9)17(15,16)10-5-6-10/h9-10H,3-8H2,1-2H3/t9-/m0/s1. The van der Waals surface area contributed by atoms with Crippen molar-refractivity contribution in [1.29, 1.82) is 0 Å². The molecule has 2 fully saturated rings. The number of carbonyl (C=O) groups is 1. The Kier molecular flexibility index (Phi) is 3.45. The molecule has 0 aromatic heterocycles. The summed E-state index contributed by atoms with van der Waals surface area (Å²) in [5.74, 6) is -0.118. The first-order valence-corrected chi connectivity index (χ1v) is 7.63. The van der Waals surface area contributed by atoms with E-state index in [0.717, 1.165) is 25.7 Å². The van der Waals surface area contributed by atoms with E-state index >= 15 is 0 Å². The van der Waals surface area contributed by atoms with Crippen LogP contribution in [0.4, 0.5) is 0 Å². The lowest BCUT2D eigenvalue weighted by Crippen LogP contribution is -2.46. The van der Waals surface area contributed by atoms with Crippen LogP contribution in [-0.2, 0) is 14.8 Å². The molecule has 1 heterocycles. The van der Waals surface area contributed by atoms with Crippen molar-refractivity contribution in [3.05, 3.63) is 0 Å². The van der Waals surface area contributed by atoms with Gasteiger partial charge in [0.15, 0.2) is 0 Å². The van der Waals surface area contributed by atoms with Crippen molar-refractivity contribution in [3.8, 4) is 0 Å². The van der Waals surface area contributed by atoms with Crippen LogP contribution in [0.25, 0.3) is 0 Å². The lowest BCUT2D eigenvalue weighted by atomic mass is 9.98. The van der Waals surface area contributed by atoms with Crippen LogP contribution in [0.3, 0.4) is 0 Å². The smallest absolute Gasteiger partial charge is 0.226 e. The van der Waals surface area contributed by atoms with Crippen LogP contribution in [0.1, 0.15) is 25.7 Å². The molecule has 0 unspecified atom stereocenters. The van der Waals surface area contributed by atoms with Crippen LogP contribution < -0.4 is 0 Å². The van der Waals surface area contributed by atoms with Crippen molar-refractivity contribution in [1.82, 2.24) is 9.21 Å². The van der Waals surface area contributed by atoms with Crippen molar-refractivity contribution in [2.24, 2.45) is 5.92 Å². The van der Waals surface area contributed by atoms with Gasteiger partial charge in [0.25, 0.3) is 0 Å². The molecule has 5 nitrogen and oxygen atoms in total. The number of carbonyl (C=O) groups excluding carboxylic acids is 1. The summed E-state index contributed by atoms with van der Waals surface area (Å²) in [4.78, 5) is 13.4. The summed E-state index contributed by atoms with van der Waals surface area (Å²) in [6.07, 6.45) is 3.15. The third-order valence-electron chi connectivity index (χ3n) is 3.48. The minimum Gasteiger partial charge on any atom is -0.349 e. The fourth-order valence-corrected chi connectivity index (χ4v) is 4.24. The van der Waals surface area contributed by atoms with Gasteiger partial charge in [0.2, 0.25) is 15.9 Å². The highest BCUT2D eigenvalue weighted by atomic mass is 32.2. The van der Waals surface area contributed by atoms with Crippen LogP contribution in [0.15, 0.2) is 0 Å². The lowest BCUT2D eigenvalue weighted by Gasteiger charge is -2.32. The van der Waals surface area contributed by atoms with E-state index in [4.69, 9.17) is 0 Å². The molecule has 2 rings (SSSR count). The zero-order valence-electron chi connectivity index (χ0n) is 10.4. The summed E-state index contributed by atoms with van der Waals surface area (Å²) in [6.45, 7) is 0.950. The summed E-state index contributed by atoms with van der Waals surface area (Å²) in [6, 6.07) is 0. The van der Waals surface area contributed by atoms with E-state index in [1.54, 1.807) is 19.0 Å². The van der Waals surface area contributed by atoms with Crippen LogP contribution >= 0.6 is 0 Å². The zero-order valence-corrected chi connectivity index (χ0v) is 11.2. The first-order chi connectivity index (χ1) is 7.93. The minimum absolute atomic E-state index is 0.0423. The van der Waals surface area contributed by atoms with Gasteiger partial charge >= 0.3 is 0 Å². The van der Waals surface area contributed by atoms with E-state index in [2.05, 4.69) is 0 Å². The monoisotopic (exact) mass is 260 g/mol. The van der Waals surface area contributed by atoms with Gasteiger partial charge in [-0.3, -0.25) is 4.79 Å². The van der Waals surface area contributed by atoms with Gasteiger partial charge in [0, 0.05) is 27.2 Å². The predicted molar refractivity (Wildman–Crippen MR) is 64.9 cm³/mol. The Bertz CT molecular complexity index is 401. The van der Waals surface area contributed by atoms with E-state index in [-0.39, 0.29) is 17.1 Å². The fraction of sp³-hybridized carbons (Fsp3) is 0.909. The van der Waals surface area contributed by atoms with Crippen LogP contribution in [0.2, 0.25) is 0 Å². The molecule has 0 N–H and O–H groups in total. The quantitative estimate of drug-likeness (QED) is 0.732. The predicted octanol–water partition coefficient (Wildman–Crippen LogP) is 0.279. The molecule has 1 amide bonds. The zero-order chi connectivity index (χ0) is 12.6. The molecule has 2 aliphatic rings. The summed E-state index contributed by atoms with van der Waals surface area (Å²) in [7, 11) is 0.319. The van der Waals surface area contributed by atoms with Crippen LogP contribution in [0, 0.1) is 5.92 Å². The maximum Gasteiger partial charge on any atom is 0.226 e. The number of piperidine rings is 1. The normalized spacial score (nSPS) is 26.8. The Hall–Kier alpha value is -0.620. The van der Waals surface area contributed by atoms with E-state index in [0.29, 0.717) is 13.1 Å². The molecule has 17 heavy (non-hydrogen) atoms. The summed E-state index contributed by atoms with van der Waals surface area (Å²) < 4.78 is 25.7. The van der Waals surface area contributed by atoms with E-state index in [1.165, 1.54) is 4.31 Å². The Morgan fingerprint density at radius 3 is 2.41 bits per heavy atom.